The molecular weight excluding hydrogens is 277 g/mol. The second kappa shape index (κ2) is 6.34. The first-order valence-corrected chi connectivity index (χ1v) is 6.57. The highest BCUT2D eigenvalue weighted by Crippen LogP contribution is 2.13. The van der Waals surface area contributed by atoms with Crippen molar-refractivity contribution in [1.29, 1.82) is 0 Å². The summed E-state index contributed by atoms with van der Waals surface area (Å²) in [5, 5.41) is 3.65. The molecule has 1 unspecified atom stereocenters. The normalized spacial score (nSPS) is 17.8. The van der Waals surface area contributed by atoms with Crippen molar-refractivity contribution >= 4 is 17.7 Å². The smallest absolute Gasteiger partial charge is 0.253 e. The Bertz CT molecular complexity index is 576. The fourth-order valence-electron chi connectivity index (χ4n) is 2.12. The van der Waals surface area contributed by atoms with Crippen LogP contribution in [0.1, 0.15) is 12.0 Å². The summed E-state index contributed by atoms with van der Waals surface area (Å²) in [5.74, 6) is -2.62. The van der Waals surface area contributed by atoms with Gasteiger partial charge in [-0.3, -0.25) is 24.8 Å². The predicted octanol–water partition coefficient (Wildman–Crippen LogP) is -0.00610. The zero-order valence-corrected chi connectivity index (χ0v) is 11.6. The van der Waals surface area contributed by atoms with E-state index in [1.54, 1.807) is 18.2 Å². The number of nitrogens with one attached hydrogen (secondary N) is 2. The number of hydrogen-bond donors (Lipinski definition) is 2. The third-order valence-corrected chi connectivity index (χ3v) is 3.29. The Morgan fingerprint density at radius 3 is 2.71 bits per heavy atom. The van der Waals surface area contributed by atoms with Crippen LogP contribution in [0, 0.1) is 11.7 Å². The van der Waals surface area contributed by atoms with Crippen LogP contribution in [0.15, 0.2) is 24.3 Å². The molecule has 1 heterocycles. The molecule has 1 fully saturated rings. The van der Waals surface area contributed by atoms with Gasteiger partial charge >= 0.3 is 0 Å². The molecule has 0 aliphatic carbocycles. The molecule has 0 saturated carbocycles. The SMILES string of the molecule is CN1NC(=O)C(CC(=O)NCCc2ccccc2F)C1=O. The highest BCUT2D eigenvalue weighted by Gasteiger charge is 2.38. The molecule has 1 saturated heterocycles. The number of carbonyl (C=O) groups excluding carboxylic acids is 3. The van der Waals surface area contributed by atoms with Crippen molar-refractivity contribution in [3.63, 3.8) is 0 Å². The van der Waals surface area contributed by atoms with Gasteiger partial charge in [-0.2, -0.15) is 0 Å². The molecule has 1 aliphatic rings. The topological polar surface area (TPSA) is 78.5 Å². The number of amides is 3. The molecule has 1 aromatic rings. The van der Waals surface area contributed by atoms with E-state index in [0.717, 1.165) is 5.01 Å². The standard InChI is InChI=1S/C14H16FN3O3/c1-18-14(21)10(13(20)17-18)8-12(19)16-7-6-9-4-2-3-5-11(9)15/h2-5,10H,6-8H2,1H3,(H,16,19)(H,17,20). The Balaban J connectivity index is 1.79. The minimum absolute atomic E-state index is 0.202. The Hall–Kier alpha value is -2.44. The maximum Gasteiger partial charge on any atom is 0.253 e. The average Bonchev–Trinajstić information content (AvgIpc) is 2.68. The zero-order chi connectivity index (χ0) is 15.4. The summed E-state index contributed by atoms with van der Waals surface area (Å²) in [6, 6.07) is 6.31. The third-order valence-electron chi connectivity index (χ3n) is 3.29. The highest BCUT2D eigenvalue weighted by molar-refractivity contribution is 6.07. The second-order valence-corrected chi connectivity index (χ2v) is 4.82. The molecule has 2 N–H and O–H groups in total. The van der Waals surface area contributed by atoms with E-state index >= 15 is 0 Å². The molecule has 21 heavy (non-hydrogen) atoms. The van der Waals surface area contributed by atoms with Gasteiger partial charge in [-0.25, -0.2) is 4.39 Å². The number of hydrazine groups is 1. The van der Waals surface area contributed by atoms with Crippen LogP contribution >= 0.6 is 0 Å². The van der Waals surface area contributed by atoms with Crippen LogP contribution in [-0.4, -0.2) is 36.3 Å². The van der Waals surface area contributed by atoms with Gasteiger partial charge in [0.05, 0.1) is 0 Å². The predicted molar refractivity (Wildman–Crippen MR) is 72.1 cm³/mol. The molecule has 1 aliphatic heterocycles. The number of halogens is 1. The van der Waals surface area contributed by atoms with Crippen molar-refractivity contribution < 1.29 is 18.8 Å². The zero-order valence-electron chi connectivity index (χ0n) is 11.6. The highest BCUT2D eigenvalue weighted by atomic mass is 19.1. The van der Waals surface area contributed by atoms with Crippen molar-refractivity contribution in [3.8, 4) is 0 Å². The lowest BCUT2D eigenvalue weighted by atomic mass is 10.0. The summed E-state index contributed by atoms with van der Waals surface area (Å²) in [7, 11) is 1.43. The first-order chi connectivity index (χ1) is 9.99. The van der Waals surface area contributed by atoms with Gasteiger partial charge in [0.2, 0.25) is 5.91 Å². The van der Waals surface area contributed by atoms with Gasteiger partial charge in [0, 0.05) is 20.0 Å². The molecule has 0 bridgehead atoms. The Morgan fingerprint density at radius 1 is 1.38 bits per heavy atom. The maximum atomic E-state index is 13.4. The van der Waals surface area contributed by atoms with E-state index in [9.17, 15) is 18.8 Å². The largest absolute Gasteiger partial charge is 0.356 e. The third kappa shape index (κ3) is 3.56. The van der Waals surface area contributed by atoms with Gasteiger partial charge in [0.1, 0.15) is 11.7 Å². The number of carbonyl (C=O) groups is 3. The molecule has 3 amide bonds. The molecule has 112 valence electrons. The van der Waals surface area contributed by atoms with E-state index in [1.807, 2.05) is 0 Å². The number of benzene rings is 1. The molecule has 0 spiro atoms. The van der Waals surface area contributed by atoms with Crippen LogP contribution in [0.4, 0.5) is 4.39 Å². The van der Waals surface area contributed by atoms with Crippen molar-refractivity contribution in [1.82, 2.24) is 15.8 Å². The summed E-state index contributed by atoms with van der Waals surface area (Å²) in [6.07, 6.45) is 0.148. The number of hydrogen-bond acceptors (Lipinski definition) is 3. The summed E-state index contributed by atoms with van der Waals surface area (Å²) >= 11 is 0. The lowest BCUT2D eigenvalue weighted by molar-refractivity contribution is -0.135. The minimum atomic E-state index is -0.983. The summed E-state index contributed by atoms with van der Waals surface area (Å²) in [4.78, 5) is 34.8. The molecule has 0 aromatic heterocycles. The second-order valence-electron chi connectivity index (χ2n) is 4.82. The van der Waals surface area contributed by atoms with Crippen molar-refractivity contribution in [2.45, 2.75) is 12.8 Å². The Morgan fingerprint density at radius 2 is 2.10 bits per heavy atom. The monoisotopic (exact) mass is 293 g/mol. The van der Waals surface area contributed by atoms with E-state index in [-0.39, 0.29) is 18.8 Å². The van der Waals surface area contributed by atoms with Gasteiger partial charge < -0.3 is 5.32 Å². The Kier molecular flexibility index (Phi) is 4.52. The quantitative estimate of drug-likeness (QED) is 0.750. The van der Waals surface area contributed by atoms with Gasteiger partial charge in [0.25, 0.3) is 11.8 Å². The molecule has 2 rings (SSSR count). The van der Waals surface area contributed by atoms with Gasteiger partial charge in [-0.05, 0) is 18.1 Å². The lowest BCUT2D eigenvalue weighted by Gasteiger charge is -2.08. The molecule has 7 heteroatoms. The molecule has 6 nitrogen and oxygen atoms in total. The average molecular weight is 293 g/mol. The van der Waals surface area contributed by atoms with E-state index in [2.05, 4.69) is 10.7 Å². The Labute approximate surface area is 121 Å². The van der Waals surface area contributed by atoms with E-state index < -0.39 is 23.6 Å². The lowest BCUT2D eigenvalue weighted by Crippen LogP contribution is -2.32. The van der Waals surface area contributed by atoms with Gasteiger partial charge in [0.15, 0.2) is 0 Å². The van der Waals surface area contributed by atoms with Crippen molar-refractivity contribution in [2.24, 2.45) is 5.92 Å². The van der Waals surface area contributed by atoms with Crippen LogP contribution in [0.2, 0.25) is 0 Å². The van der Waals surface area contributed by atoms with Gasteiger partial charge in [-0.1, -0.05) is 18.2 Å². The molecule has 1 aromatic carbocycles. The van der Waals surface area contributed by atoms with Crippen LogP contribution in [-0.2, 0) is 20.8 Å². The molecule has 0 radical (unpaired) electrons. The van der Waals surface area contributed by atoms with Gasteiger partial charge in [-0.15, -0.1) is 0 Å². The van der Waals surface area contributed by atoms with Crippen LogP contribution < -0.4 is 10.7 Å². The minimum Gasteiger partial charge on any atom is -0.356 e. The first kappa shape index (κ1) is 15.0. The number of rotatable bonds is 5. The number of nitrogens with zero attached hydrogens (tertiary/aromatic N) is 1. The van der Waals surface area contributed by atoms with E-state index in [1.165, 1.54) is 13.1 Å². The molecular formula is C14H16FN3O3. The molecule has 1 atom stereocenters. The maximum absolute atomic E-state index is 13.4. The fraction of sp³-hybridized carbons (Fsp3) is 0.357. The van der Waals surface area contributed by atoms with E-state index in [4.69, 9.17) is 0 Å². The van der Waals surface area contributed by atoms with Crippen LogP contribution in [0.3, 0.4) is 0 Å². The fourth-order valence-corrected chi connectivity index (χ4v) is 2.12. The summed E-state index contributed by atoms with van der Waals surface area (Å²) in [5.41, 5.74) is 2.83. The summed E-state index contributed by atoms with van der Waals surface area (Å²) in [6.45, 7) is 0.248. The van der Waals surface area contributed by atoms with Crippen molar-refractivity contribution in [3.05, 3.63) is 35.6 Å². The first-order valence-electron chi connectivity index (χ1n) is 6.57. The van der Waals surface area contributed by atoms with E-state index in [0.29, 0.717) is 12.0 Å². The van der Waals surface area contributed by atoms with Crippen LogP contribution in [0.25, 0.3) is 0 Å². The van der Waals surface area contributed by atoms with Crippen molar-refractivity contribution in [2.75, 3.05) is 13.6 Å². The van der Waals surface area contributed by atoms with Crippen LogP contribution in [0.5, 0.6) is 0 Å². The summed E-state index contributed by atoms with van der Waals surface area (Å²) < 4.78 is 13.4.